The molecule has 4 heteroatoms. The molecule has 232 valence electrons. The van der Waals surface area contributed by atoms with Gasteiger partial charge in [-0.05, 0) is 0 Å². The second kappa shape index (κ2) is 70.6. The van der Waals surface area contributed by atoms with Crippen LogP contribution in [0.2, 0.25) is 0 Å². The average molecular weight is 603 g/mol. The van der Waals surface area contributed by atoms with Crippen LogP contribution in [-0.4, -0.2) is 0 Å². The number of hydrogen-bond acceptors (Lipinski definition) is 0. The maximum absolute atomic E-state index is 2.26. The minimum Gasteiger partial charge on any atom is -0.147 e. The van der Waals surface area contributed by atoms with Gasteiger partial charge < -0.3 is 0 Å². The molecule has 0 unspecified atom stereocenters. The summed E-state index contributed by atoms with van der Waals surface area (Å²) < 4.78 is 0. The van der Waals surface area contributed by atoms with E-state index in [1.807, 2.05) is 0 Å². The highest BCUT2D eigenvalue weighted by atomic mass is 35.5. The molecule has 0 fully saturated rings. The van der Waals surface area contributed by atoms with E-state index in [-0.39, 0.29) is 49.6 Å². The predicted molar refractivity (Wildman–Crippen MR) is 185 cm³/mol. The first-order chi connectivity index (χ1) is 15.7. The zero-order valence-electron chi connectivity index (χ0n) is 26.6. The molecule has 0 aliphatic carbocycles. The lowest BCUT2D eigenvalue weighted by atomic mass is 10.1. The summed E-state index contributed by atoms with van der Waals surface area (Å²) in [6.45, 7) is 18.0. The highest BCUT2D eigenvalue weighted by Gasteiger charge is 1.85. The fourth-order valence-corrected chi connectivity index (χ4v) is 3.41. The van der Waals surface area contributed by atoms with Crippen molar-refractivity contribution < 1.29 is 0 Å². The van der Waals surface area contributed by atoms with Gasteiger partial charge in [-0.15, -0.1) is 49.6 Å². The van der Waals surface area contributed by atoms with E-state index in [9.17, 15) is 0 Å². The van der Waals surface area contributed by atoms with E-state index in [0.29, 0.717) is 0 Å². The fraction of sp³-hybridized carbons (Fsp3) is 1.00. The molecule has 0 spiro atoms. The van der Waals surface area contributed by atoms with Crippen LogP contribution in [0.1, 0.15) is 209 Å². The van der Waals surface area contributed by atoms with E-state index in [1.165, 1.54) is 154 Å². The van der Waals surface area contributed by atoms with E-state index in [1.54, 1.807) is 0 Å². The van der Waals surface area contributed by atoms with Crippen LogP contribution in [0.4, 0.5) is 0 Å². The second-order valence-corrected chi connectivity index (χ2v) is 9.66. The minimum atomic E-state index is 0. The first kappa shape index (κ1) is 57.1. The number of rotatable bonds is 20. The molecule has 0 rings (SSSR count). The smallest absolute Gasteiger partial charge is 0.0533 e. The van der Waals surface area contributed by atoms with E-state index >= 15 is 0 Å². The Hall–Kier alpha value is 1.16. The third kappa shape index (κ3) is 91.6. The Bertz CT molecular complexity index is 166. The summed E-state index contributed by atoms with van der Waals surface area (Å²) in [5, 5.41) is 0. The monoisotopic (exact) mass is 600 g/mol. The summed E-state index contributed by atoms with van der Waals surface area (Å²) in [4.78, 5) is 0. The van der Waals surface area contributed by atoms with Gasteiger partial charge in [-0.3, -0.25) is 0 Å². The largest absolute Gasteiger partial charge is 0.147 e. The molecule has 0 aromatic rings. The molecule has 0 aliphatic heterocycles. The molecule has 0 aromatic heterocycles. The van der Waals surface area contributed by atoms with Crippen molar-refractivity contribution in [2.75, 3.05) is 0 Å². The molecule has 0 bridgehead atoms. The van der Waals surface area contributed by atoms with Crippen LogP contribution in [0.25, 0.3) is 0 Å². The van der Waals surface area contributed by atoms with Gasteiger partial charge in [0, 0.05) is 0 Å². The lowest BCUT2D eigenvalue weighted by Crippen LogP contribution is -1.73. The molecule has 0 heterocycles. The summed E-state index contributed by atoms with van der Waals surface area (Å²) in [6.07, 6.45) is 34.0. The van der Waals surface area contributed by atoms with Crippen molar-refractivity contribution in [2.24, 2.45) is 0 Å². The van der Waals surface area contributed by atoms with Crippen LogP contribution in [-0.2, 0) is 0 Å². The van der Waals surface area contributed by atoms with Gasteiger partial charge in [0.05, 0.1) is 0 Å². The molecule has 0 amide bonds. The maximum atomic E-state index is 2.26. The van der Waals surface area contributed by atoms with Gasteiger partial charge in [-0.2, -0.15) is 0 Å². The quantitative estimate of drug-likeness (QED) is 0.122. The first-order valence-electron chi connectivity index (χ1n) is 15.7. The topological polar surface area (TPSA) is 0 Å². The third-order valence-electron chi connectivity index (χ3n) is 5.83. The summed E-state index contributed by atoms with van der Waals surface area (Å²) in [5.41, 5.74) is 0. The Balaban J connectivity index is -0.0000000467. The van der Waals surface area contributed by atoms with Crippen molar-refractivity contribution in [3.8, 4) is 0 Å². The summed E-state index contributed by atoms with van der Waals surface area (Å²) >= 11 is 0. The SMILES string of the molecule is CCCCCCCC.CCCCCCCC.CCCCCCCC.CCCCCCCC.Cl.Cl.Cl.Cl. The van der Waals surface area contributed by atoms with Crippen molar-refractivity contribution in [3.05, 3.63) is 0 Å². The molecule has 0 aromatic carbocycles. The van der Waals surface area contributed by atoms with E-state index in [2.05, 4.69) is 55.4 Å². The summed E-state index contributed by atoms with van der Waals surface area (Å²) in [5.74, 6) is 0. The maximum Gasteiger partial charge on any atom is -0.0533 e. The highest BCUT2D eigenvalue weighted by molar-refractivity contribution is 5.86. The Labute approximate surface area is 258 Å². The van der Waals surface area contributed by atoms with E-state index in [0.717, 1.165) is 0 Å². The second-order valence-electron chi connectivity index (χ2n) is 9.66. The Kier molecular flexibility index (Phi) is 112. The molecule has 0 saturated heterocycles. The molecule has 0 nitrogen and oxygen atoms in total. The van der Waals surface area contributed by atoms with Crippen LogP contribution < -0.4 is 0 Å². The van der Waals surface area contributed by atoms with Gasteiger partial charge in [0.25, 0.3) is 0 Å². The van der Waals surface area contributed by atoms with Crippen LogP contribution >= 0.6 is 49.6 Å². The van der Waals surface area contributed by atoms with E-state index in [4.69, 9.17) is 0 Å². The zero-order valence-corrected chi connectivity index (χ0v) is 29.9. The van der Waals surface area contributed by atoms with Gasteiger partial charge in [0.1, 0.15) is 0 Å². The standard InChI is InChI=1S/4C8H18.4ClH/c4*1-3-5-7-8-6-4-2;;;;/h4*3-8H2,1-2H3;4*1H. The van der Waals surface area contributed by atoms with E-state index < -0.39 is 0 Å². The van der Waals surface area contributed by atoms with Gasteiger partial charge >= 0.3 is 0 Å². The fourth-order valence-electron chi connectivity index (χ4n) is 3.41. The van der Waals surface area contributed by atoms with Crippen molar-refractivity contribution in [2.45, 2.75) is 209 Å². The molecule has 0 N–H and O–H groups in total. The van der Waals surface area contributed by atoms with Gasteiger partial charge in [-0.25, -0.2) is 0 Å². The average Bonchev–Trinajstić information content (AvgIpc) is 2.82. The molecule has 0 saturated carbocycles. The zero-order chi connectivity index (χ0) is 25.0. The van der Waals surface area contributed by atoms with Crippen molar-refractivity contribution in [1.82, 2.24) is 0 Å². The van der Waals surface area contributed by atoms with Gasteiger partial charge in [0.15, 0.2) is 0 Å². The summed E-state index contributed by atoms with van der Waals surface area (Å²) in [6, 6.07) is 0. The normalized spacial score (nSPS) is 8.67. The minimum absolute atomic E-state index is 0. The molecule has 0 aliphatic rings. The molecule has 0 atom stereocenters. The first-order valence-corrected chi connectivity index (χ1v) is 15.7. The molecule has 36 heavy (non-hydrogen) atoms. The van der Waals surface area contributed by atoms with Crippen molar-refractivity contribution in [1.29, 1.82) is 0 Å². The van der Waals surface area contributed by atoms with Crippen LogP contribution in [0.15, 0.2) is 0 Å². The van der Waals surface area contributed by atoms with Gasteiger partial charge in [-0.1, -0.05) is 209 Å². The van der Waals surface area contributed by atoms with Crippen LogP contribution in [0.3, 0.4) is 0 Å². The molecular formula is C32H76Cl4. The number of halogens is 4. The predicted octanol–water partition coefficient (Wildman–Crippen LogP) is 15.2. The lowest BCUT2D eigenvalue weighted by molar-refractivity contribution is 0.624. The molecule has 0 radical (unpaired) electrons. The third-order valence-corrected chi connectivity index (χ3v) is 5.83. The Morgan fingerprint density at radius 2 is 0.250 bits per heavy atom. The van der Waals surface area contributed by atoms with Crippen LogP contribution in [0.5, 0.6) is 0 Å². The van der Waals surface area contributed by atoms with Gasteiger partial charge in [0.2, 0.25) is 0 Å². The Morgan fingerprint density at radius 1 is 0.167 bits per heavy atom. The van der Waals surface area contributed by atoms with Crippen LogP contribution in [0, 0.1) is 0 Å². The molecular weight excluding hydrogens is 526 g/mol. The van der Waals surface area contributed by atoms with Crippen molar-refractivity contribution in [3.63, 3.8) is 0 Å². The highest BCUT2D eigenvalue weighted by Crippen LogP contribution is 2.05. The number of unbranched alkanes of at least 4 members (excludes halogenated alkanes) is 20. The summed E-state index contributed by atoms with van der Waals surface area (Å²) in [7, 11) is 0. The number of hydrogen-bond donors (Lipinski definition) is 0. The lowest BCUT2D eigenvalue weighted by Gasteiger charge is -1.93. The Morgan fingerprint density at radius 3 is 0.306 bits per heavy atom. The van der Waals surface area contributed by atoms with Crippen molar-refractivity contribution >= 4 is 49.6 Å².